The molecule has 6 heteroatoms. The predicted octanol–water partition coefficient (Wildman–Crippen LogP) is 4.65. The minimum atomic E-state index is -0.312. The van der Waals surface area contributed by atoms with Crippen LogP contribution in [0.15, 0.2) is 84.9 Å². The van der Waals surface area contributed by atoms with Crippen LogP contribution in [0.2, 0.25) is 0 Å². The number of likely N-dealkylation sites (tertiary alicyclic amines) is 1. The highest BCUT2D eigenvalue weighted by atomic mass is 16.5. The summed E-state index contributed by atoms with van der Waals surface area (Å²) in [5.41, 5.74) is 2.89. The van der Waals surface area contributed by atoms with E-state index in [9.17, 15) is 9.59 Å². The van der Waals surface area contributed by atoms with Gasteiger partial charge in [-0.25, -0.2) is 4.79 Å². The second-order valence-corrected chi connectivity index (χ2v) is 8.31. The maximum absolute atomic E-state index is 13.1. The summed E-state index contributed by atoms with van der Waals surface area (Å²) in [5, 5.41) is 6.00. The molecular formula is C27H29N3O3. The first kappa shape index (κ1) is 22.4. The van der Waals surface area contributed by atoms with E-state index in [2.05, 4.69) is 22.8 Å². The lowest BCUT2D eigenvalue weighted by atomic mass is 9.84. The van der Waals surface area contributed by atoms with Crippen molar-refractivity contribution in [3.8, 4) is 5.75 Å². The minimum Gasteiger partial charge on any atom is -0.497 e. The Balaban J connectivity index is 1.46. The Morgan fingerprint density at radius 3 is 2.24 bits per heavy atom. The smallest absolute Gasteiger partial charge is 0.317 e. The van der Waals surface area contributed by atoms with Crippen LogP contribution in [0.3, 0.4) is 0 Å². The molecule has 4 rings (SSSR count). The van der Waals surface area contributed by atoms with Crippen LogP contribution in [0, 0.1) is 5.92 Å². The molecule has 1 heterocycles. The summed E-state index contributed by atoms with van der Waals surface area (Å²) in [6, 6.07) is 27.0. The molecule has 2 N–H and O–H groups in total. The third-order valence-corrected chi connectivity index (χ3v) is 6.02. The molecule has 3 aromatic rings. The summed E-state index contributed by atoms with van der Waals surface area (Å²) in [5.74, 6) is 0.431. The van der Waals surface area contributed by atoms with Gasteiger partial charge < -0.3 is 20.3 Å². The fourth-order valence-corrected chi connectivity index (χ4v) is 4.23. The molecule has 0 radical (unpaired) electrons. The lowest BCUT2D eigenvalue weighted by Gasteiger charge is -2.37. The molecule has 0 aromatic heterocycles. The van der Waals surface area contributed by atoms with Crippen molar-refractivity contribution < 1.29 is 14.3 Å². The zero-order chi connectivity index (χ0) is 23.0. The largest absolute Gasteiger partial charge is 0.497 e. The molecule has 1 saturated heterocycles. The number of hydrogen-bond donors (Lipinski definition) is 2. The van der Waals surface area contributed by atoms with E-state index in [1.807, 2.05) is 72.8 Å². The molecule has 1 aliphatic rings. The number of anilines is 1. The SMILES string of the molecule is COc1ccc(NC(=O)C2CC(c3ccccc3)CN(C(=O)NCc3ccccc3)C2)cc1. The van der Waals surface area contributed by atoms with E-state index < -0.39 is 0 Å². The summed E-state index contributed by atoms with van der Waals surface area (Å²) in [7, 11) is 1.61. The highest BCUT2D eigenvalue weighted by molar-refractivity contribution is 5.93. The summed E-state index contributed by atoms with van der Waals surface area (Å²) in [6.45, 7) is 1.41. The Morgan fingerprint density at radius 2 is 1.58 bits per heavy atom. The molecule has 0 spiro atoms. The van der Waals surface area contributed by atoms with E-state index in [-0.39, 0.29) is 23.8 Å². The van der Waals surface area contributed by atoms with Gasteiger partial charge in [-0.3, -0.25) is 4.79 Å². The number of ether oxygens (including phenoxy) is 1. The molecule has 3 amide bonds. The molecular weight excluding hydrogens is 414 g/mol. The normalized spacial score (nSPS) is 17.8. The van der Waals surface area contributed by atoms with E-state index in [0.29, 0.717) is 31.7 Å². The molecule has 1 fully saturated rings. The highest BCUT2D eigenvalue weighted by Crippen LogP contribution is 2.31. The van der Waals surface area contributed by atoms with Gasteiger partial charge in [0.05, 0.1) is 13.0 Å². The summed E-state index contributed by atoms with van der Waals surface area (Å²) < 4.78 is 5.19. The van der Waals surface area contributed by atoms with E-state index in [4.69, 9.17) is 4.74 Å². The summed E-state index contributed by atoms with van der Waals surface area (Å²) in [6.07, 6.45) is 0.689. The van der Waals surface area contributed by atoms with Gasteiger partial charge in [0, 0.05) is 31.2 Å². The molecule has 33 heavy (non-hydrogen) atoms. The summed E-state index contributed by atoms with van der Waals surface area (Å²) >= 11 is 0. The Morgan fingerprint density at radius 1 is 0.909 bits per heavy atom. The first-order valence-corrected chi connectivity index (χ1v) is 11.2. The van der Waals surface area contributed by atoms with Crippen molar-refractivity contribution in [2.45, 2.75) is 18.9 Å². The lowest BCUT2D eigenvalue weighted by molar-refractivity contribution is -0.121. The standard InChI is InChI=1S/C27H29N3O3/c1-33-25-14-12-24(13-15-25)29-26(31)23-16-22(21-10-6-3-7-11-21)18-30(19-23)27(32)28-17-20-8-4-2-5-9-20/h2-15,22-23H,16-19H2,1H3,(H,28,32)(H,29,31). The Kier molecular flexibility index (Phi) is 7.25. The Hall–Kier alpha value is -3.80. The van der Waals surface area contributed by atoms with Gasteiger partial charge >= 0.3 is 6.03 Å². The number of rotatable bonds is 6. The third kappa shape index (κ3) is 5.92. The van der Waals surface area contributed by atoms with Crippen molar-refractivity contribution in [1.82, 2.24) is 10.2 Å². The average molecular weight is 444 g/mol. The molecule has 2 atom stereocenters. The number of methoxy groups -OCH3 is 1. The monoisotopic (exact) mass is 443 g/mol. The maximum atomic E-state index is 13.1. The zero-order valence-electron chi connectivity index (χ0n) is 18.7. The summed E-state index contributed by atoms with van der Waals surface area (Å²) in [4.78, 5) is 27.9. The minimum absolute atomic E-state index is 0.0818. The number of nitrogens with one attached hydrogen (secondary N) is 2. The number of urea groups is 1. The average Bonchev–Trinajstić information content (AvgIpc) is 2.88. The fraction of sp³-hybridized carbons (Fsp3) is 0.259. The van der Waals surface area contributed by atoms with Crippen molar-refractivity contribution in [3.63, 3.8) is 0 Å². The van der Waals surface area contributed by atoms with Crippen LogP contribution in [0.5, 0.6) is 5.75 Å². The second kappa shape index (κ2) is 10.7. The predicted molar refractivity (Wildman–Crippen MR) is 129 cm³/mol. The first-order chi connectivity index (χ1) is 16.1. The molecule has 3 aromatic carbocycles. The van der Waals surface area contributed by atoms with Gasteiger partial charge in [0.25, 0.3) is 0 Å². The van der Waals surface area contributed by atoms with Gasteiger partial charge in [-0.2, -0.15) is 0 Å². The van der Waals surface area contributed by atoms with E-state index >= 15 is 0 Å². The third-order valence-electron chi connectivity index (χ3n) is 6.02. The van der Waals surface area contributed by atoms with Crippen molar-refractivity contribution in [3.05, 3.63) is 96.1 Å². The van der Waals surface area contributed by atoms with Crippen LogP contribution in [-0.2, 0) is 11.3 Å². The molecule has 0 saturated carbocycles. The number of benzene rings is 3. The van der Waals surface area contributed by atoms with Gasteiger partial charge in [-0.05, 0) is 41.8 Å². The molecule has 0 bridgehead atoms. The number of nitrogens with zero attached hydrogens (tertiary/aromatic N) is 1. The maximum Gasteiger partial charge on any atom is 0.317 e. The molecule has 2 unspecified atom stereocenters. The van der Waals surface area contributed by atoms with Crippen LogP contribution in [0.4, 0.5) is 10.5 Å². The van der Waals surface area contributed by atoms with Crippen LogP contribution >= 0.6 is 0 Å². The molecule has 0 aliphatic carbocycles. The van der Waals surface area contributed by atoms with Crippen molar-refractivity contribution in [2.75, 3.05) is 25.5 Å². The Labute approximate surface area is 194 Å². The van der Waals surface area contributed by atoms with E-state index in [0.717, 1.165) is 16.9 Å². The first-order valence-electron chi connectivity index (χ1n) is 11.2. The fourth-order valence-electron chi connectivity index (χ4n) is 4.23. The van der Waals surface area contributed by atoms with Crippen molar-refractivity contribution in [2.24, 2.45) is 5.92 Å². The van der Waals surface area contributed by atoms with Gasteiger partial charge in [-0.15, -0.1) is 0 Å². The highest BCUT2D eigenvalue weighted by Gasteiger charge is 2.34. The van der Waals surface area contributed by atoms with Crippen molar-refractivity contribution >= 4 is 17.6 Å². The van der Waals surface area contributed by atoms with Crippen LogP contribution in [0.25, 0.3) is 0 Å². The van der Waals surface area contributed by atoms with Crippen molar-refractivity contribution in [1.29, 1.82) is 0 Å². The molecule has 1 aliphatic heterocycles. The van der Waals surface area contributed by atoms with Crippen LogP contribution in [0.1, 0.15) is 23.5 Å². The van der Waals surface area contributed by atoms with Gasteiger partial charge in [-0.1, -0.05) is 60.7 Å². The topological polar surface area (TPSA) is 70.7 Å². The zero-order valence-corrected chi connectivity index (χ0v) is 18.7. The number of carbonyl (C=O) groups is 2. The Bertz CT molecular complexity index is 1050. The second-order valence-electron chi connectivity index (χ2n) is 8.31. The lowest BCUT2D eigenvalue weighted by Crippen LogP contribution is -2.50. The van der Waals surface area contributed by atoms with E-state index in [1.165, 1.54) is 0 Å². The van der Waals surface area contributed by atoms with Gasteiger partial charge in [0.1, 0.15) is 5.75 Å². The van der Waals surface area contributed by atoms with Crippen LogP contribution in [-0.4, -0.2) is 37.0 Å². The quantitative estimate of drug-likeness (QED) is 0.583. The van der Waals surface area contributed by atoms with Gasteiger partial charge in [0.15, 0.2) is 0 Å². The number of amides is 3. The number of piperidine rings is 1. The van der Waals surface area contributed by atoms with E-state index in [1.54, 1.807) is 12.0 Å². The van der Waals surface area contributed by atoms with Crippen LogP contribution < -0.4 is 15.4 Å². The van der Waals surface area contributed by atoms with Gasteiger partial charge in [0.2, 0.25) is 5.91 Å². The molecule has 170 valence electrons. The number of carbonyl (C=O) groups excluding carboxylic acids is 2. The number of hydrogen-bond acceptors (Lipinski definition) is 3. The molecule has 6 nitrogen and oxygen atoms in total.